The van der Waals surface area contributed by atoms with E-state index in [-0.39, 0.29) is 0 Å². The maximum atomic E-state index is 5.72. The van der Waals surface area contributed by atoms with Crippen LogP contribution in [0.4, 0.5) is 5.69 Å². The Kier molecular flexibility index (Phi) is 2.99. The lowest BCUT2D eigenvalue weighted by atomic mass is 10.0. The fourth-order valence-electron chi connectivity index (χ4n) is 2.17. The molecule has 2 unspecified atom stereocenters. The van der Waals surface area contributed by atoms with Gasteiger partial charge in [-0.2, -0.15) is 0 Å². The highest BCUT2D eigenvalue weighted by Gasteiger charge is 2.25. The normalized spacial score (nSPS) is 26.4. The van der Waals surface area contributed by atoms with Crippen molar-refractivity contribution in [2.45, 2.75) is 25.3 Å². The summed E-state index contributed by atoms with van der Waals surface area (Å²) in [4.78, 5) is 4.08. The highest BCUT2D eigenvalue weighted by Crippen LogP contribution is 2.27. The quantitative estimate of drug-likeness (QED) is 0.763. The van der Waals surface area contributed by atoms with E-state index in [1.54, 1.807) is 6.20 Å². The van der Waals surface area contributed by atoms with Crippen molar-refractivity contribution >= 4 is 5.69 Å². The number of hydrogen-bond acceptors (Lipinski definition) is 3. The number of aromatic nitrogens is 1. The third-order valence-electron chi connectivity index (χ3n) is 2.98. The molecule has 76 valence electrons. The minimum absolute atomic E-state index is 0.546. The van der Waals surface area contributed by atoms with Gasteiger partial charge in [0.1, 0.15) is 0 Å². The van der Waals surface area contributed by atoms with Crippen molar-refractivity contribution in [3.63, 3.8) is 0 Å². The molecule has 1 aliphatic rings. The Balaban J connectivity index is 1.97. The van der Waals surface area contributed by atoms with Crippen LogP contribution >= 0.6 is 0 Å². The molecule has 0 radical (unpaired) electrons. The number of nitrogens with zero attached hydrogens (tertiary/aromatic N) is 1. The van der Waals surface area contributed by atoms with Gasteiger partial charge < -0.3 is 11.1 Å². The van der Waals surface area contributed by atoms with Crippen molar-refractivity contribution in [2.75, 3.05) is 11.9 Å². The van der Waals surface area contributed by atoms with Gasteiger partial charge in [-0.1, -0.05) is 6.42 Å². The predicted octanol–water partition coefficient (Wildman–Crippen LogP) is 1.62. The van der Waals surface area contributed by atoms with Gasteiger partial charge in [0.15, 0.2) is 0 Å². The summed E-state index contributed by atoms with van der Waals surface area (Å²) >= 11 is 0. The van der Waals surface area contributed by atoms with Crippen LogP contribution in [-0.2, 0) is 0 Å². The third kappa shape index (κ3) is 2.04. The van der Waals surface area contributed by atoms with Crippen molar-refractivity contribution in [3.8, 4) is 0 Å². The largest absolute Gasteiger partial charge is 0.381 e. The third-order valence-corrected chi connectivity index (χ3v) is 2.98. The second kappa shape index (κ2) is 4.42. The van der Waals surface area contributed by atoms with Crippen LogP contribution in [0.25, 0.3) is 0 Å². The smallest absolute Gasteiger partial charge is 0.0528 e. The Hall–Kier alpha value is -1.09. The number of hydrogen-bond donors (Lipinski definition) is 2. The number of anilines is 1. The molecule has 3 heteroatoms. The molecule has 1 aromatic heterocycles. The van der Waals surface area contributed by atoms with Crippen LogP contribution in [-0.4, -0.2) is 17.6 Å². The first-order valence-corrected chi connectivity index (χ1v) is 5.27. The summed E-state index contributed by atoms with van der Waals surface area (Å²) in [5, 5.41) is 3.50. The van der Waals surface area contributed by atoms with E-state index in [0.717, 1.165) is 12.2 Å². The molecule has 3 nitrogen and oxygen atoms in total. The van der Waals surface area contributed by atoms with Crippen molar-refractivity contribution in [3.05, 3.63) is 24.5 Å². The topological polar surface area (TPSA) is 50.9 Å². The summed E-state index contributed by atoms with van der Waals surface area (Å²) in [6.45, 7) is 0.790. The lowest BCUT2D eigenvalue weighted by molar-refractivity contribution is 0.516. The molecule has 0 saturated heterocycles. The van der Waals surface area contributed by atoms with Crippen LogP contribution in [0.2, 0.25) is 0 Å². The second-order valence-electron chi connectivity index (χ2n) is 3.92. The molecule has 0 amide bonds. The molecule has 1 aromatic rings. The summed E-state index contributed by atoms with van der Waals surface area (Å²) in [6, 6.07) is 4.55. The minimum Gasteiger partial charge on any atom is -0.381 e. The summed E-state index contributed by atoms with van der Waals surface area (Å²) in [7, 11) is 0. The molecular weight excluding hydrogens is 174 g/mol. The maximum Gasteiger partial charge on any atom is 0.0528 e. The number of nitrogens with one attached hydrogen (secondary N) is 1. The van der Waals surface area contributed by atoms with E-state index in [4.69, 9.17) is 5.73 Å². The second-order valence-corrected chi connectivity index (χ2v) is 3.92. The van der Waals surface area contributed by atoms with Gasteiger partial charge in [0.05, 0.1) is 5.69 Å². The van der Waals surface area contributed by atoms with Gasteiger partial charge in [0.2, 0.25) is 0 Å². The van der Waals surface area contributed by atoms with Crippen molar-refractivity contribution < 1.29 is 0 Å². The lowest BCUT2D eigenvalue weighted by Crippen LogP contribution is -2.29. The first kappa shape index (κ1) is 9.46. The van der Waals surface area contributed by atoms with E-state index in [9.17, 15) is 0 Å². The van der Waals surface area contributed by atoms with E-state index in [0.29, 0.717) is 12.0 Å². The van der Waals surface area contributed by atoms with E-state index in [1.165, 1.54) is 19.3 Å². The highest BCUT2D eigenvalue weighted by molar-refractivity contribution is 5.41. The Morgan fingerprint density at radius 1 is 1.50 bits per heavy atom. The van der Waals surface area contributed by atoms with Gasteiger partial charge in [-0.25, -0.2) is 0 Å². The number of nitrogens with two attached hydrogens (primary N) is 1. The predicted molar refractivity (Wildman–Crippen MR) is 58.0 cm³/mol. The molecule has 0 aliphatic heterocycles. The summed E-state index contributed by atoms with van der Waals surface area (Å²) in [6.07, 6.45) is 7.44. The van der Waals surface area contributed by atoms with E-state index in [2.05, 4.69) is 16.4 Å². The SMILES string of the molecule is NCC1CCCC1Nc1cccnc1. The molecule has 1 saturated carbocycles. The van der Waals surface area contributed by atoms with Crippen LogP contribution in [0, 0.1) is 5.92 Å². The fraction of sp³-hybridized carbons (Fsp3) is 0.545. The lowest BCUT2D eigenvalue weighted by Gasteiger charge is -2.20. The molecule has 1 fully saturated rings. The molecule has 2 rings (SSSR count). The Morgan fingerprint density at radius 3 is 3.14 bits per heavy atom. The zero-order chi connectivity index (χ0) is 9.80. The van der Waals surface area contributed by atoms with Crippen molar-refractivity contribution in [1.29, 1.82) is 0 Å². The average Bonchev–Trinajstić information content (AvgIpc) is 2.67. The summed E-state index contributed by atoms with van der Waals surface area (Å²) < 4.78 is 0. The van der Waals surface area contributed by atoms with Gasteiger partial charge in [0, 0.05) is 18.4 Å². The Bertz CT molecular complexity index is 273. The Labute approximate surface area is 84.7 Å². The number of pyridine rings is 1. The Morgan fingerprint density at radius 2 is 2.43 bits per heavy atom. The van der Waals surface area contributed by atoms with Gasteiger partial charge >= 0.3 is 0 Å². The molecule has 3 N–H and O–H groups in total. The first-order chi connectivity index (χ1) is 6.90. The fourth-order valence-corrected chi connectivity index (χ4v) is 2.17. The minimum atomic E-state index is 0.546. The zero-order valence-corrected chi connectivity index (χ0v) is 8.32. The van der Waals surface area contributed by atoms with Crippen LogP contribution < -0.4 is 11.1 Å². The molecule has 1 aliphatic carbocycles. The van der Waals surface area contributed by atoms with Gasteiger partial charge in [0.25, 0.3) is 0 Å². The monoisotopic (exact) mass is 191 g/mol. The van der Waals surface area contributed by atoms with E-state index >= 15 is 0 Å². The van der Waals surface area contributed by atoms with Crippen LogP contribution in [0.5, 0.6) is 0 Å². The molecule has 0 spiro atoms. The maximum absolute atomic E-state index is 5.72. The highest BCUT2D eigenvalue weighted by atomic mass is 14.9. The van der Waals surface area contributed by atoms with Crippen LogP contribution in [0.15, 0.2) is 24.5 Å². The number of rotatable bonds is 3. The van der Waals surface area contributed by atoms with Crippen molar-refractivity contribution in [1.82, 2.24) is 4.98 Å². The molecule has 0 bridgehead atoms. The van der Waals surface area contributed by atoms with Gasteiger partial charge in [-0.3, -0.25) is 4.98 Å². The average molecular weight is 191 g/mol. The standard InChI is InChI=1S/C11H17N3/c12-7-9-3-1-5-11(9)14-10-4-2-6-13-8-10/h2,4,6,8-9,11,14H,1,3,5,7,12H2. The summed E-state index contributed by atoms with van der Waals surface area (Å²) in [5.41, 5.74) is 6.83. The summed E-state index contributed by atoms with van der Waals surface area (Å²) in [5.74, 6) is 0.634. The zero-order valence-electron chi connectivity index (χ0n) is 8.32. The molecule has 2 atom stereocenters. The molecule has 1 heterocycles. The van der Waals surface area contributed by atoms with E-state index in [1.807, 2.05) is 12.3 Å². The molecule has 0 aromatic carbocycles. The van der Waals surface area contributed by atoms with Crippen LogP contribution in [0.3, 0.4) is 0 Å². The first-order valence-electron chi connectivity index (χ1n) is 5.27. The molecule has 14 heavy (non-hydrogen) atoms. The molecular formula is C11H17N3. The van der Waals surface area contributed by atoms with Gasteiger partial charge in [-0.15, -0.1) is 0 Å². The van der Waals surface area contributed by atoms with Crippen molar-refractivity contribution in [2.24, 2.45) is 11.7 Å². The van der Waals surface area contributed by atoms with Crippen LogP contribution in [0.1, 0.15) is 19.3 Å². The van der Waals surface area contributed by atoms with E-state index < -0.39 is 0 Å². The van der Waals surface area contributed by atoms with Gasteiger partial charge in [-0.05, 0) is 37.4 Å².